The predicted octanol–water partition coefficient (Wildman–Crippen LogP) is 2.11. The number of amides is 2. The van der Waals surface area contributed by atoms with Crippen molar-refractivity contribution in [1.82, 2.24) is 4.90 Å². The molecule has 5 nitrogen and oxygen atoms in total. The Kier molecular flexibility index (Phi) is 4.01. The van der Waals surface area contributed by atoms with Gasteiger partial charge in [-0.25, -0.2) is 0 Å². The van der Waals surface area contributed by atoms with Crippen LogP contribution in [-0.4, -0.2) is 42.9 Å². The Morgan fingerprint density at radius 1 is 1.24 bits per heavy atom. The molecule has 0 atom stereocenters. The van der Waals surface area contributed by atoms with E-state index in [4.69, 9.17) is 11.6 Å². The number of piperidine rings is 1. The lowest BCUT2D eigenvalue weighted by Crippen LogP contribution is -2.48. The fourth-order valence-corrected chi connectivity index (χ4v) is 3.01. The summed E-state index contributed by atoms with van der Waals surface area (Å²) in [6.07, 6.45) is 3.28. The van der Waals surface area contributed by atoms with E-state index in [9.17, 15) is 9.59 Å². The Hall–Kier alpha value is -1.75. The molecule has 0 spiro atoms. The molecule has 1 aromatic carbocycles. The Bertz CT molecular complexity index is 570. The van der Waals surface area contributed by atoms with Crippen LogP contribution in [0, 0.1) is 0 Å². The Morgan fingerprint density at radius 3 is 2.76 bits per heavy atom. The smallest absolute Gasteiger partial charge is 0.246 e. The molecule has 0 bridgehead atoms. The monoisotopic (exact) mass is 307 g/mol. The van der Waals surface area contributed by atoms with Gasteiger partial charge in [-0.15, -0.1) is 0 Å². The summed E-state index contributed by atoms with van der Waals surface area (Å²) < 4.78 is 0. The minimum atomic E-state index is -0.0878. The lowest BCUT2D eigenvalue weighted by molar-refractivity contribution is -0.132. The molecule has 112 valence electrons. The lowest BCUT2D eigenvalue weighted by Gasteiger charge is -2.33. The molecule has 0 unspecified atom stereocenters. The summed E-state index contributed by atoms with van der Waals surface area (Å²) in [5.41, 5.74) is 1.52. The van der Waals surface area contributed by atoms with Crippen LogP contribution < -0.4 is 10.2 Å². The molecule has 0 aliphatic carbocycles. The summed E-state index contributed by atoms with van der Waals surface area (Å²) in [7, 11) is 0. The van der Waals surface area contributed by atoms with E-state index in [-0.39, 0.29) is 24.9 Å². The van der Waals surface area contributed by atoms with Crippen molar-refractivity contribution in [2.24, 2.45) is 0 Å². The van der Waals surface area contributed by atoms with Gasteiger partial charge in [0.2, 0.25) is 11.8 Å². The zero-order valence-corrected chi connectivity index (χ0v) is 12.5. The van der Waals surface area contributed by atoms with Gasteiger partial charge in [0.1, 0.15) is 6.54 Å². The highest BCUT2D eigenvalue weighted by atomic mass is 35.5. The number of nitrogens with one attached hydrogen (secondary N) is 1. The second kappa shape index (κ2) is 5.93. The van der Waals surface area contributed by atoms with Gasteiger partial charge >= 0.3 is 0 Å². The van der Waals surface area contributed by atoms with Crippen LogP contribution in [0.25, 0.3) is 0 Å². The molecular weight excluding hydrogens is 290 g/mol. The van der Waals surface area contributed by atoms with Crippen molar-refractivity contribution in [3.05, 3.63) is 23.2 Å². The lowest BCUT2D eigenvalue weighted by atomic mass is 10.1. The van der Waals surface area contributed by atoms with Crippen molar-refractivity contribution in [2.75, 3.05) is 36.4 Å². The van der Waals surface area contributed by atoms with E-state index in [1.54, 1.807) is 23.1 Å². The normalized spacial score (nSPS) is 18.2. The topological polar surface area (TPSA) is 52.7 Å². The minimum Gasteiger partial charge on any atom is -0.374 e. The Morgan fingerprint density at radius 2 is 2.00 bits per heavy atom. The highest BCUT2D eigenvalue weighted by Gasteiger charge is 2.28. The summed E-state index contributed by atoms with van der Waals surface area (Å²) in [5, 5.41) is 3.64. The van der Waals surface area contributed by atoms with Gasteiger partial charge in [-0.05, 0) is 37.5 Å². The largest absolute Gasteiger partial charge is 0.374 e. The maximum Gasteiger partial charge on any atom is 0.246 e. The average Bonchev–Trinajstić information content (AvgIpc) is 2.51. The van der Waals surface area contributed by atoms with Gasteiger partial charge in [0.05, 0.1) is 17.9 Å². The maximum absolute atomic E-state index is 12.4. The first kappa shape index (κ1) is 14.2. The number of fused-ring (bicyclic) bond motifs is 1. The number of carbonyl (C=O) groups excluding carboxylic acids is 2. The highest BCUT2D eigenvalue weighted by molar-refractivity contribution is 6.31. The van der Waals surface area contributed by atoms with Crippen LogP contribution in [0.5, 0.6) is 0 Å². The third-order valence-electron chi connectivity index (χ3n) is 3.98. The molecule has 2 heterocycles. The van der Waals surface area contributed by atoms with Crippen LogP contribution in [0.1, 0.15) is 19.3 Å². The van der Waals surface area contributed by atoms with Crippen molar-refractivity contribution in [1.29, 1.82) is 0 Å². The molecule has 0 saturated carbocycles. The first-order valence-corrected chi connectivity index (χ1v) is 7.64. The summed E-state index contributed by atoms with van der Waals surface area (Å²) in [5.74, 6) is -0.0685. The van der Waals surface area contributed by atoms with Gasteiger partial charge in [0.15, 0.2) is 0 Å². The summed E-state index contributed by atoms with van der Waals surface area (Å²) in [6, 6.07) is 5.30. The summed E-state index contributed by atoms with van der Waals surface area (Å²) >= 11 is 5.97. The molecule has 3 rings (SSSR count). The quantitative estimate of drug-likeness (QED) is 0.910. The van der Waals surface area contributed by atoms with Crippen molar-refractivity contribution in [3.8, 4) is 0 Å². The molecule has 21 heavy (non-hydrogen) atoms. The van der Waals surface area contributed by atoms with Crippen LogP contribution in [0.4, 0.5) is 11.4 Å². The van der Waals surface area contributed by atoms with Gasteiger partial charge in [-0.1, -0.05) is 11.6 Å². The highest BCUT2D eigenvalue weighted by Crippen LogP contribution is 2.32. The van der Waals surface area contributed by atoms with Gasteiger partial charge < -0.3 is 10.2 Å². The third kappa shape index (κ3) is 2.97. The second-order valence-corrected chi connectivity index (χ2v) is 5.87. The molecule has 1 fully saturated rings. The minimum absolute atomic E-state index is 0.0193. The molecule has 2 aliphatic rings. The summed E-state index contributed by atoms with van der Waals surface area (Å²) in [4.78, 5) is 27.9. The fourth-order valence-electron chi connectivity index (χ4n) is 2.84. The molecule has 6 heteroatoms. The number of nitrogens with zero attached hydrogens (tertiary/aromatic N) is 2. The number of carbonyl (C=O) groups is 2. The number of benzene rings is 1. The van der Waals surface area contributed by atoms with Gasteiger partial charge in [0.25, 0.3) is 0 Å². The van der Waals surface area contributed by atoms with Crippen LogP contribution in [0.15, 0.2) is 18.2 Å². The molecule has 2 aliphatic heterocycles. The molecular formula is C15H18ClN3O2. The molecule has 1 saturated heterocycles. The maximum atomic E-state index is 12.4. The zero-order valence-electron chi connectivity index (χ0n) is 11.8. The molecule has 0 aromatic heterocycles. The van der Waals surface area contributed by atoms with Gasteiger partial charge in [-0.3, -0.25) is 14.5 Å². The molecule has 1 aromatic rings. The van der Waals surface area contributed by atoms with Crippen LogP contribution in [0.3, 0.4) is 0 Å². The van der Waals surface area contributed by atoms with E-state index in [1.165, 1.54) is 6.42 Å². The number of hydrogen-bond donors (Lipinski definition) is 1. The van der Waals surface area contributed by atoms with E-state index < -0.39 is 0 Å². The van der Waals surface area contributed by atoms with Gasteiger partial charge in [-0.2, -0.15) is 0 Å². The first-order chi connectivity index (χ1) is 10.1. The number of rotatable bonds is 2. The van der Waals surface area contributed by atoms with Crippen molar-refractivity contribution in [3.63, 3.8) is 0 Å². The predicted molar refractivity (Wildman–Crippen MR) is 82.7 cm³/mol. The molecule has 2 amide bonds. The first-order valence-electron chi connectivity index (χ1n) is 7.27. The second-order valence-electron chi connectivity index (χ2n) is 5.44. The number of anilines is 2. The standard InChI is InChI=1S/C15H18ClN3O2/c16-11-4-5-13-12(8-11)17-9-14(20)19(13)10-15(21)18-6-2-1-3-7-18/h4-5,8,17H,1-3,6-7,9-10H2. The fraction of sp³-hybridized carbons (Fsp3) is 0.467. The Balaban J connectivity index is 1.78. The number of likely N-dealkylation sites (tertiary alicyclic amines) is 1. The van der Waals surface area contributed by atoms with Gasteiger partial charge in [0, 0.05) is 18.1 Å². The van der Waals surface area contributed by atoms with Crippen LogP contribution >= 0.6 is 11.6 Å². The zero-order chi connectivity index (χ0) is 14.8. The van der Waals surface area contributed by atoms with Crippen molar-refractivity contribution < 1.29 is 9.59 Å². The van der Waals surface area contributed by atoms with E-state index in [0.29, 0.717) is 5.02 Å². The average molecular weight is 308 g/mol. The van der Waals surface area contributed by atoms with E-state index in [1.807, 2.05) is 4.90 Å². The third-order valence-corrected chi connectivity index (χ3v) is 4.22. The van der Waals surface area contributed by atoms with Crippen LogP contribution in [0.2, 0.25) is 5.02 Å². The van der Waals surface area contributed by atoms with E-state index in [2.05, 4.69) is 5.32 Å². The van der Waals surface area contributed by atoms with E-state index >= 15 is 0 Å². The summed E-state index contributed by atoms with van der Waals surface area (Å²) in [6.45, 7) is 1.90. The molecule has 0 radical (unpaired) electrons. The van der Waals surface area contributed by atoms with Crippen LogP contribution in [-0.2, 0) is 9.59 Å². The van der Waals surface area contributed by atoms with E-state index in [0.717, 1.165) is 37.3 Å². The number of hydrogen-bond acceptors (Lipinski definition) is 3. The molecule has 1 N–H and O–H groups in total. The number of halogens is 1. The SMILES string of the molecule is O=C(CN1C(=O)CNc2cc(Cl)ccc21)N1CCCCC1. The van der Waals surface area contributed by atoms with Crippen molar-refractivity contribution in [2.45, 2.75) is 19.3 Å². The van der Waals surface area contributed by atoms with Crippen molar-refractivity contribution >= 4 is 34.8 Å². The Labute approximate surface area is 128 Å².